The van der Waals surface area contributed by atoms with Crippen molar-refractivity contribution in [1.82, 2.24) is 14.7 Å². The van der Waals surface area contributed by atoms with E-state index < -0.39 is 0 Å². The lowest BCUT2D eigenvalue weighted by Gasteiger charge is -2.38. The van der Waals surface area contributed by atoms with Crippen molar-refractivity contribution < 1.29 is 9.53 Å². The lowest BCUT2D eigenvalue weighted by Crippen LogP contribution is -2.52. The normalized spacial score (nSPS) is 26.4. The molecule has 0 spiro atoms. The Hall–Kier alpha value is -0.890. The van der Waals surface area contributed by atoms with Crippen LogP contribution in [-0.4, -0.2) is 85.2 Å². The molecule has 176 valence electrons. The van der Waals surface area contributed by atoms with Crippen molar-refractivity contribution in [1.29, 1.82) is 0 Å². The number of carbonyl (C=O) groups excluding carboxylic acids is 1. The highest BCUT2D eigenvalue weighted by atomic mass is 35.5. The zero-order valence-corrected chi connectivity index (χ0v) is 20.0. The van der Waals surface area contributed by atoms with Crippen molar-refractivity contribution in [3.8, 4) is 0 Å². The van der Waals surface area contributed by atoms with Crippen LogP contribution < -0.4 is 5.73 Å². The van der Waals surface area contributed by atoms with Crippen molar-refractivity contribution in [2.24, 2.45) is 11.7 Å². The summed E-state index contributed by atoms with van der Waals surface area (Å²) in [6.07, 6.45) is 3.99. The number of amides is 1. The monoisotopic (exact) mass is 472 g/mol. The minimum atomic E-state index is 0. The first kappa shape index (κ1) is 26.4. The number of hydrogen-bond donors (Lipinski definition) is 1. The summed E-state index contributed by atoms with van der Waals surface area (Å²) in [5, 5.41) is 0. The summed E-state index contributed by atoms with van der Waals surface area (Å²) in [7, 11) is 0. The number of rotatable bonds is 4. The highest BCUT2D eigenvalue weighted by Crippen LogP contribution is 2.24. The summed E-state index contributed by atoms with van der Waals surface area (Å²) in [5.74, 6) is 0.433. The molecule has 1 amide bonds. The quantitative estimate of drug-likeness (QED) is 0.728. The van der Waals surface area contributed by atoms with Crippen molar-refractivity contribution >= 4 is 30.7 Å². The van der Waals surface area contributed by atoms with Gasteiger partial charge >= 0.3 is 0 Å². The van der Waals surface area contributed by atoms with E-state index >= 15 is 0 Å². The predicted octanol–water partition coefficient (Wildman–Crippen LogP) is 2.39. The molecule has 2 N–H and O–H groups in total. The molecule has 0 unspecified atom stereocenters. The van der Waals surface area contributed by atoms with E-state index in [0.29, 0.717) is 11.9 Å². The number of ether oxygens (including phenoxy) is 1. The van der Waals surface area contributed by atoms with E-state index in [4.69, 9.17) is 10.5 Å². The number of nitrogens with two attached hydrogens (primary N) is 1. The van der Waals surface area contributed by atoms with Crippen LogP contribution in [0.1, 0.15) is 31.2 Å². The number of piperazine rings is 1. The maximum absolute atomic E-state index is 13.3. The van der Waals surface area contributed by atoms with Gasteiger partial charge in [0.1, 0.15) is 0 Å². The zero-order chi connectivity index (χ0) is 20.1. The molecular formula is C23H38Cl2N4O2. The molecule has 6 nitrogen and oxygen atoms in total. The van der Waals surface area contributed by atoms with Gasteiger partial charge in [0.25, 0.3) is 0 Å². The third kappa shape index (κ3) is 7.31. The summed E-state index contributed by atoms with van der Waals surface area (Å²) in [6.45, 7) is 8.00. The minimum Gasteiger partial charge on any atom is -0.381 e. The Morgan fingerprint density at radius 2 is 1.61 bits per heavy atom. The van der Waals surface area contributed by atoms with Gasteiger partial charge in [0.15, 0.2) is 0 Å². The molecule has 1 aromatic carbocycles. The van der Waals surface area contributed by atoms with Gasteiger partial charge in [-0.1, -0.05) is 30.3 Å². The second-order valence-electron chi connectivity index (χ2n) is 8.92. The van der Waals surface area contributed by atoms with Crippen LogP contribution in [0.2, 0.25) is 0 Å². The number of hydrogen-bond acceptors (Lipinski definition) is 5. The fraction of sp³-hybridized carbons (Fsp3) is 0.696. The molecule has 1 aromatic rings. The van der Waals surface area contributed by atoms with Crippen molar-refractivity contribution in [2.75, 3.05) is 52.5 Å². The fourth-order valence-electron chi connectivity index (χ4n) is 5.03. The second kappa shape index (κ2) is 13.0. The molecule has 3 heterocycles. The first-order chi connectivity index (χ1) is 14.2. The van der Waals surface area contributed by atoms with E-state index in [0.717, 1.165) is 84.7 Å². The minimum absolute atomic E-state index is 0. The van der Waals surface area contributed by atoms with Crippen LogP contribution in [0.25, 0.3) is 0 Å². The topological polar surface area (TPSA) is 62.0 Å². The Labute approximate surface area is 199 Å². The number of halogens is 2. The van der Waals surface area contributed by atoms with Crippen LogP contribution >= 0.6 is 24.8 Å². The lowest BCUT2D eigenvalue weighted by molar-refractivity contribution is -0.138. The molecule has 8 heteroatoms. The highest BCUT2D eigenvalue weighted by molar-refractivity contribution is 5.85. The van der Waals surface area contributed by atoms with Crippen LogP contribution in [0, 0.1) is 5.92 Å². The van der Waals surface area contributed by atoms with Crippen LogP contribution in [0.15, 0.2) is 30.3 Å². The molecule has 0 saturated carbocycles. The number of carbonyl (C=O) groups is 1. The van der Waals surface area contributed by atoms with Crippen molar-refractivity contribution in [3.05, 3.63) is 35.9 Å². The molecule has 0 aliphatic carbocycles. The summed E-state index contributed by atoms with van der Waals surface area (Å²) in [6, 6.07) is 11.3. The van der Waals surface area contributed by atoms with E-state index in [9.17, 15) is 4.79 Å². The van der Waals surface area contributed by atoms with Gasteiger partial charge in [-0.05, 0) is 31.2 Å². The average molecular weight is 473 g/mol. The SMILES string of the molecule is Cl.Cl.N[C@H]1CC[C@@H](C(=O)N2CCN(Cc3ccccc3)CC2)CN(C2CCOCC2)C1. The molecule has 0 bridgehead atoms. The van der Waals surface area contributed by atoms with Crippen LogP contribution in [0.4, 0.5) is 0 Å². The molecule has 3 fully saturated rings. The third-order valence-corrected chi connectivity index (χ3v) is 6.80. The van der Waals surface area contributed by atoms with Crippen molar-refractivity contribution in [2.45, 2.75) is 44.3 Å². The van der Waals surface area contributed by atoms with Gasteiger partial charge in [-0.3, -0.25) is 14.6 Å². The molecule has 2 atom stereocenters. The third-order valence-electron chi connectivity index (χ3n) is 6.80. The van der Waals surface area contributed by atoms with Gasteiger partial charge in [0.05, 0.1) is 5.92 Å². The largest absolute Gasteiger partial charge is 0.381 e. The van der Waals surface area contributed by atoms with Gasteiger partial charge in [-0.2, -0.15) is 0 Å². The van der Waals surface area contributed by atoms with E-state index in [1.165, 1.54) is 5.56 Å². The average Bonchev–Trinajstić information content (AvgIpc) is 2.97. The summed E-state index contributed by atoms with van der Waals surface area (Å²) in [5.41, 5.74) is 7.70. The maximum atomic E-state index is 13.3. The standard InChI is InChI=1S/C23H36N4O2.2ClH/c24-21-7-6-20(17-27(18-21)22-8-14-29-15-9-22)23(28)26-12-10-25(11-13-26)16-19-4-2-1-3-5-19;;/h1-5,20-22H,6-18,24H2;2*1H/t20-,21+;;/m1../s1. The Morgan fingerprint density at radius 1 is 0.935 bits per heavy atom. The van der Waals surface area contributed by atoms with Crippen molar-refractivity contribution in [3.63, 3.8) is 0 Å². The fourth-order valence-corrected chi connectivity index (χ4v) is 5.03. The molecule has 0 radical (unpaired) electrons. The van der Waals surface area contributed by atoms with Crippen LogP contribution in [-0.2, 0) is 16.1 Å². The summed E-state index contributed by atoms with van der Waals surface area (Å²) < 4.78 is 5.53. The highest BCUT2D eigenvalue weighted by Gasteiger charge is 2.34. The summed E-state index contributed by atoms with van der Waals surface area (Å²) >= 11 is 0. The molecule has 3 aliphatic heterocycles. The molecule has 4 rings (SSSR count). The maximum Gasteiger partial charge on any atom is 0.227 e. The molecular weight excluding hydrogens is 435 g/mol. The smallest absolute Gasteiger partial charge is 0.227 e. The first-order valence-corrected chi connectivity index (χ1v) is 11.3. The second-order valence-corrected chi connectivity index (χ2v) is 8.92. The number of benzene rings is 1. The number of nitrogens with zero attached hydrogens (tertiary/aromatic N) is 3. The van der Waals surface area contributed by atoms with E-state index in [-0.39, 0.29) is 36.8 Å². The lowest BCUT2D eigenvalue weighted by atomic mass is 9.99. The van der Waals surface area contributed by atoms with Gasteiger partial charge in [-0.25, -0.2) is 0 Å². The first-order valence-electron chi connectivity index (χ1n) is 11.3. The van der Waals surface area contributed by atoms with E-state index in [1.807, 2.05) is 0 Å². The molecule has 3 saturated heterocycles. The van der Waals surface area contributed by atoms with E-state index in [2.05, 4.69) is 45.0 Å². The molecule has 31 heavy (non-hydrogen) atoms. The van der Waals surface area contributed by atoms with Gasteiger partial charge in [0.2, 0.25) is 5.91 Å². The van der Waals surface area contributed by atoms with Crippen LogP contribution in [0.3, 0.4) is 0 Å². The van der Waals surface area contributed by atoms with Crippen LogP contribution in [0.5, 0.6) is 0 Å². The van der Waals surface area contributed by atoms with Gasteiger partial charge in [-0.15, -0.1) is 24.8 Å². The predicted molar refractivity (Wildman–Crippen MR) is 129 cm³/mol. The molecule has 0 aromatic heterocycles. The Bertz CT molecular complexity index is 652. The Morgan fingerprint density at radius 3 is 2.29 bits per heavy atom. The Kier molecular flexibility index (Phi) is 11.0. The summed E-state index contributed by atoms with van der Waals surface area (Å²) in [4.78, 5) is 20.4. The van der Waals surface area contributed by atoms with E-state index in [1.54, 1.807) is 0 Å². The Balaban J connectivity index is 0.00000171. The molecule has 3 aliphatic rings. The zero-order valence-electron chi connectivity index (χ0n) is 18.4. The van der Waals surface area contributed by atoms with Gasteiger partial charge in [0, 0.05) is 71.1 Å². The van der Waals surface area contributed by atoms with Gasteiger partial charge < -0.3 is 15.4 Å². The number of likely N-dealkylation sites (tertiary alicyclic amines) is 1.